The first kappa shape index (κ1) is 31.9. The molecule has 238 valence electrons. The van der Waals surface area contributed by atoms with Gasteiger partial charge >= 0.3 is 0 Å². The average molecular weight is 615 g/mol. The smallest absolute Gasteiger partial charge is 0.203 e. The van der Waals surface area contributed by atoms with Gasteiger partial charge in [0.2, 0.25) is 11.5 Å². The maximum atomic E-state index is 5.60. The number of likely N-dealkylation sites (tertiary alicyclic amines) is 1. The van der Waals surface area contributed by atoms with Crippen LogP contribution >= 0.6 is 0 Å². The fraction of sp³-hybridized carbons (Fsp3) is 0.371. The summed E-state index contributed by atoms with van der Waals surface area (Å²) in [4.78, 5) is 14.3. The number of methoxy groups -OCH3 is 6. The zero-order chi connectivity index (χ0) is 31.9. The van der Waals surface area contributed by atoms with Crippen molar-refractivity contribution in [3.63, 3.8) is 0 Å². The number of aromatic nitrogens is 2. The minimum Gasteiger partial charge on any atom is -0.493 e. The van der Waals surface area contributed by atoms with E-state index in [1.54, 1.807) is 42.7 Å². The van der Waals surface area contributed by atoms with Gasteiger partial charge in [0.05, 0.1) is 54.0 Å². The Labute approximate surface area is 265 Å². The maximum absolute atomic E-state index is 5.60. The second-order valence-corrected chi connectivity index (χ2v) is 11.0. The Morgan fingerprint density at radius 2 is 1.33 bits per heavy atom. The van der Waals surface area contributed by atoms with Crippen LogP contribution in [0.5, 0.6) is 34.5 Å². The van der Waals surface area contributed by atoms with Crippen molar-refractivity contribution in [2.24, 2.45) is 0 Å². The fourth-order valence-corrected chi connectivity index (χ4v) is 5.98. The van der Waals surface area contributed by atoms with Crippen molar-refractivity contribution in [3.8, 4) is 57.0 Å². The van der Waals surface area contributed by atoms with Crippen LogP contribution in [0, 0.1) is 0 Å². The molecule has 5 rings (SSSR count). The van der Waals surface area contributed by atoms with Crippen LogP contribution < -0.4 is 28.4 Å². The molecule has 0 bridgehead atoms. The van der Waals surface area contributed by atoms with E-state index in [1.165, 1.54) is 5.56 Å². The van der Waals surface area contributed by atoms with Crippen molar-refractivity contribution in [1.82, 2.24) is 19.8 Å². The summed E-state index contributed by atoms with van der Waals surface area (Å²) in [7, 11) is 11.9. The van der Waals surface area contributed by atoms with E-state index in [1.807, 2.05) is 42.7 Å². The molecule has 0 N–H and O–H groups in total. The van der Waals surface area contributed by atoms with Crippen molar-refractivity contribution in [2.45, 2.75) is 25.6 Å². The number of hydrogen-bond acceptors (Lipinski definition) is 10. The summed E-state index contributed by atoms with van der Waals surface area (Å²) in [6.07, 6.45) is 4.76. The molecule has 1 aliphatic heterocycles. The Balaban J connectivity index is 1.28. The molecule has 4 aromatic rings. The van der Waals surface area contributed by atoms with Gasteiger partial charge in [-0.25, -0.2) is 0 Å². The van der Waals surface area contributed by atoms with Gasteiger partial charge in [-0.2, -0.15) is 0 Å². The summed E-state index contributed by atoms with van der Waals surface area (Å²) in [6, 6.07) is 16.5. The average Bonchev–Trinajstić information content (AvgIpc) is 3.55. The number of benzene rings is 2. The number of nitrogens with zero attached hydrogens (tertiary/aromatic N) is 4. The number of rotatable bonds is 13. The molecule has 0 unspecified atom stereocenters. The van der Waals surface area contributed by atoms with Crippen LogP contribution in [0.2, 0.25) is 0 Å². The number of hydrogen-bond donors (Lipinski definition) is 0. The van der Waals surface area contributed by atoms with Gasteiger partial charge in [-0.3, -0.25) is 19.8 Å². The third-order valence-electron chi connectivity index (χ3n) is 8.31. The second kappa shape index (κ2) is 14.5. The highest BCUT2D eigenvalue weighted by molar-refractivity contribution is 5.71. The van der Waals surface area contributed by atoms with Crippen molar-refractivity contribution in [1.29, 1.82) is 0 Å². The molecule has 3 heterocycles. The molecule has 1 saturated heterocycles. The molecule has 0 spiro atoms. The summed E-state index contributed by atoms with van der Waals surface area (Å²) in [6.45, 7) is 3.57. The highest BCUT2D eigenvalue weighted by Crippen LogP contribution is 2.42. The van der Waals surface area contributed by atoms with Crippen molar-refractivity contribution < 1.29 is 28.4 Å². The molecule has 1 atom stereocenters. The summed E-state index contributed by atoms with van der Waals surface area (Å²) >= 11 is 0. The molecule has 0 amide bonds. The molecule has 2 aromatic carbocycles. The molecule has 2 aromatic heterocycles. The van der Waals surface area contributed by atoms with Crippen molar-refractivity contribution in [2.75, 3.05) is 62.8 Å². The predicted molar refractivity (Wildman–Crippen MR) is 174 cm³/mol. The summed E-state index contributed by atoms with van der Waals surface area (Å²) in [5.74, 6) is 3.55. The van der Waals surface area contributed by atoms with Crippen LogP contribution in [0.25, 0.3) is 22.5 Å². The van der Waals surface area contributed by atoms with Crippen LogP contribution in [0.1, 0.15) is 17.5 Å². The summed E-state index contributed by atoms with van der Waals surface area (Å²) < 4.78 is 33.3. The second-order valence-electron chi connectivity index (χ2n) is 11.0. The lowest BCUT2D eigenvalue weighted by Crippen LogP contribution is -2.34. The lowest BCUT2D eigenvalue weighted by molar-refractivity contribution is 0.222. The van der Waals surface area contributed by atoms with E-state index in [9.17, 15) is 0 Å². The Morgan fingerprint density at radius 1 is 0.733 bits per heavy atom. The van der Waals surface area contributed by atoms with Crippen LogP contribution in [0.4, 0.5) is 0 Å². The normalized spacial score (nSPS) is 14.8. The molecule has 1 aliphatic rings. The first-order valence-corrected chi connectivity index (χ1v) is 14.8. The van der Waals surface area contributed by atoms with Crippen LogP contribution in [-0.4, -0.2) is 88.6 Å². The quantitative estimate of drug-likeness (QED) is 0.191. The van der Waals surface area contributed by atoms with Crippen molar-refractivity contribution >= 4 is 0 Å². The molecule has 0 radical (unpaired) electrons. The van der Waals surface area contributed by atoms with E-state index in [4.69, 9.17) is 33.4 Å². The molecular weight excluding hydrogens is 572 g/mol. The van der Waals surface area contributed by atoms with E-state index < -0.39 is 0 Å². The largest absolute Gasteiger partial charge is 0.493 e. The van der Waals surface area contributed by atoms with E-state index in [2.05, 4.69) is 40.0 Å². The van der Waals surface area contributed by atoms with E-state index in [0.29, 0.717) is 40.5 Å². The van der Waals surface area contributed by atoms with Crippen LogP contribution in [0.3, 0.4) is 0 Å². The van der Waals surface area contributed by atoms with Gasteiger partial charge in [0.1, 0.15) is 0 Å². The number of ether oxygens (including phenoxy) is 6. The molecule has 1 fully saturated rings. The lowest BCUT2D eigenvalue weighted by Gasteiger charge is -2.25. The van der Waals surface area contributed by atoms with Gasteiger partial charge in [-0.1, -0.05) is 6.07 Å². The van der Waals surface area contributed by atoms with E-state index in [0.717, 1.165) is 60.7 Å². The molecule has 10 nitrogen and oxygen atoms in total. The van der Waals surface area contributed by atoms with E-state index in [-0.39, 0.29) is 0 Å². The monoisotopic (exact) mass is 614 g/mol. The van der Waals surface area contributed by atoms with Gasteiger partial charge in [0.15, 0.2) is 23.0 Å². The van der Waals surface area contributed by atoms with Gasteiger partial charge < -0.3 is 28.4 Å². The number of likely N-dealkylation sites (N-methyl/N-ethyl adjacent to an activating group) is 1. The Kier molecular flexibility index (Phi) is 10.3. The minimum atomic E-state index is 0.420. The molecule has 0 saturated carbocycles. The van der Waals surface area contributed by atoms with Gasteiger partial charge in [0, 0.05) is 55.7 Å². The van der Waals surface area contributed by atoms with Gasteiger partial charge in [0.25, 0.3) is 0 Å². The summed E-state index contributed by atoms with van der Waals surface area (Å²) in [5, 5.41) is 0. The number of pyridine rings is 2. The highest BCUT2D eigenvalue weighted by atomic mass is 16.5. The fourth-order valence-electron chi connectivity index (χ4n) is 5.98. The maximum Gasteiger partial charge on any atom is 0.203 e. The van der Waals surface area contributed by atoms with Crippen LogP contribution in [-0.2, 0) is 13.1 Å². The Bertz CT molecular complexity index is 1560. The van der Waals surface area contributed by atoms with Crippen LogP contribution in [0.15, 0.2) is 60.9 Å². The van der Waals surface area contributed by atoms with E-state index >= 15 is 0 Å². The first-order valence-electron chi connectivity index (χ1n) is 14.8. The van der Waals surface area contributed by atoms with Crippen molar-refractivity contribution in [3.05, 3.63) is 72.1 Å². The zero-order valence-electron chi connectivity index (χ0n) is 27.1. The topological polar surface area (TPSA) is 87.6 Å². The molecular formula is C35H42N4O6. The Hall–Kier alpha value is -4.54. The van der Waals surface area contributed by atoms with Gasteiger partial charge in [-0.15, -0.1) is 0 Å². The Morgan fingerprint density at radius 3 is 1.91 bits per heavy atom. The summed E-state index contributed by atoms with van der Waals surface area (Å²) in [5.41, 5.74) is 5.92. The molecule has 0 aliphatic carbocycles. The first-order chi connectivity index (χ1) is 21.9. The SMILES string of the molecule is COc1cc(-c2cc(CN(C)[C@H]3CCN(Cc4cccnc4-c4cc(OC)c(OC)c(OC)c4)C3)ccn2)cc(OC)c1OC. The molecule has 10 heteroatoms. The third-order valence-corrected chi connectivity index (χ3v) is 8.31. The zero-order valence-corrected chi connectivity index (χ0v) is 27.1. The third kappa shape index (κ3) is 6.92. The highest BCUT2D eigenvalue weighted by Gasteiger charge is 2.27. The standard InChI is InChI=1S/C35H42N4O6/c1-38(20-23-10-13-36-28(15-23)25-16-29(40-2)34(44-6)30(17-25)41-3)27-11-14-39(22-27)21-24-9-8-12-37-33(24)26-18-31(42-4)35(45-7)32(19-26)43-5/h8-10,12-13,15-19,27H,11,14,20-22H2,1-7H3/t27-/m0/s1. The molecule has 45 heavy (non-hydrogen) atoms. The lowest BCUT2D eigenvalue weighted by atomic mass is 10.0. The van der Waals surface area contributed by atoms with Gasteiger partial charge in [-0.05, 0) is 67.1 Å². The predicted octanol–water partition coefficient (Wildman–Crippen LogP) is 5.57. The minimum absolute atomic E-state index is 0.420.